The van der Waals surface area contributed by atoms with Crippen molar-refractivity contribution in [1.82, 2.24) is 4.90 Å². The summed E-state index contributed by atoms with van der Waals surface area (Å²) in [4.78, 5) is 13.8. The molecule has 2 rings (SSSR count). The first kappa shape index (κ1) is 14.6. The van der Waals surface area contributed by atoms with Gasteiger partial charge in [-0.25, -0.2) is 0 Å². The number of nitrogens with zero attached hydrogens (tertiary/aromatic N) is 1. The third-order valence-corrected chi connectivity index (χ3v) is 2.98. The number of amides is 1. The van der Waals surface area contributed by atoms with Crippen molar-refractivity contribution < 1.29 is 4.79 Å². The van der Waals surface area contributed by atoms with Gasteiger partial charge in [0, 0.05) is 17.2 Å². The molecule has 2 aromatic carbocycles. The first-order valence-corrected chi connectivity index (χ1v) is 6.75. The quantitative estimate of drug-likeness (QED) is 0.784. The predicted molar refractivity (Wildman–Crippen MR) is 85.1 cm³/mol. The summed E-state index contributed by atoms with van der Waals surface area (Å²) in [5, 5.41) is 0. The molecule has 0 radical (unpaired) electrons. The van der Waals surface area contributed by atoms with E-state index >= 15 is 0 Å². The summed E-state index contributed by atoms with van der Waals surface area (Å²) < 4.78 is 0. The van der Waals surface area contributed by atoms with Gasteiger partial charge in [0.25, 0.3) is 0 Å². The molecule has 0 aliphatic rings. The smallest absolute Gasteiger partial charge is 0.302 e. The van der Waals surface area contributed by atoms with E-state index in [4.69, 9.17) is 0 Å². The van der Waals surface area contributed by atoms with Crippen LogP contribution in [0.3, 0.4) is 0 Å². The summed E-state index contributed by atoms with van der Waals surface area (Å²) in [7, 11) is 0. The van der Waals surface area contributed by atoms with E-state index in [1.54, 1.807) is 4.90 Å². The zero-order valence-corrected chi connectivity index (χ0v) is 12.0. The maximum Gasteiger partial charge on any atom is 0.303 e. The summed E-state index contributed by atoms with van der Waals surface area (Å²) in [6.07, 6.45) is 0. The second-order valence-corrected chi connectivity index (χ2v) is 4.73. The molecule has 0 N–H and O–H groups in total. The van der Waals surface area contributed by atoms with E-state index in [0.29, 0.717) is 12.2 Å². The average Bonchev–Trinajstić information content (AvgIpc) is 2.52. The van der Waals surface area contributed by atoms with Crippen molar-refractivity contribution in [2.45, 2.75) is 13.5 Å². The zero-order chi connectivity index (χ0) is 15.1. The van der Waals surface area contributed by atoms with E-state index in [0.717, 1.165) is 11.1 Å². The van der Waals surface area contributed by atoms with Crippen molar-refractivity contribution in [2.24, 2.45) is 0 Å². The van der Waals surface area contributed by atoms with Gasteiger partial charge in [-0.3, -0.25) is 4.79 Å². The van der Waals surface area contributed by atoms with Gasteiger partial charge < -0.3 is 4.90 Å². The topological polar surface area (TPSA) is 20.3 Å². The van der Waals surface area contributed by atoms with Crippen LogP contribution in [0.5, 0.6) is 0 Å². The minimum atomic E-state index is -0.241. The minimum Gasteiger partial charge on any atom is -0.302 e. The van der Waals surface area contributed by atoms with Crippen LogP contribution in [0.1, 0.15) is 18.1 Å². The second-order valence-electron chi connectivity index (χ2n) is 4.73. The first-order valence-electron chi connectivity index (χ1n) is 6.75. The van der Waals surface area contributed by atoms with E-state index in [-0.39, 0.29) is 5.91 Å². The molecule has 0 saturated carbocycles. The molecule has 0 aliphatic heterocycles. The second kappa shape index (κ2) is 7.12. The van der Waals surface area contributed by atoms with Crippen LogP contribution in [-0.2, 0) is 11.3 Å². The zero-order valence-electron chi connectivity index (χ0n) is 12.0. The van der Waals surface area contributed by atoms with Gasteiger partial charge in [0.15, 0.2) is 0 Å². The van der Waals surface area contributed by atoms with E-state index in [2.05, 4.69) is 18.4 Å². The molecule has 0 heterocycles. The minimum absolute atomic E-state index is 0.241. The lowest BCUT2D eigenvalue weighted by molar-refractivity contribution is -0.123. The van der Waals surface area contributed by atoms with Crippen LogP contribution in [0.25, 0.3) is 0 Å². The van der Waals surface area contributed by atoms with Crippen LogP contribution < -0.4 is 0 Å². The number of hydrogen-bond acceptors (Lipinski definition) is 1. The van der Waals surface area contributed by atoms with Gasteiger partial charge in [-0.2, -0.15) is 0 Å². The molecule has 1 amide bonds. The maximum absolute atomic E-state index is 12.3. The number of hydrogen-bond donors (Lipinski definition) is 0. The van der Waals surface area contributed by atoms with Gasteiger partial charge in [-0.1, -0.05) is 61.0 Å². The van der Waals surface area contributed by atoms with Crippen LogP contribution in [0.15, 0.2) is 72.9 Å². The maximum atomic E-state index is 12.3. The lowest BCUT2D eigenvalue weighted by atomic mass is 10.2. The summed E-state index contributed by atoms with van der Waals surface area (Å²) >= 11 is 0. The Kier molecular flexibility index (Phi) is 4.95. The lowest BCUT2D eigenvalue weighted by Gasteiger charge is -2.20. The normalized spacial score (nSPS) is 9.38. The van der Waals surface area contributed by atoms with Gasteiger partial charge in [-0.05, 0) is 24.6 Å². The van der Waals surface area contributed by atoms with E-state index < -0.39 is 0 Å². The van der Waals surface area contributed by atoms with Crippen LogP contribution in [0.2, 0.25) is 0 Å². The van der Waals surface area contributed by atoms with Gasteiger partial charge >= 0.3 is 5.91 Å². The average molecular weight is 275 g/mol. The number of carbonyl (C=O) groups excluding carboxylic acids is 1. The first-order chi connectivity index (χ1) is 10.2. The summed E-state index contributed by atoms with van der Waals surface area (Å²) in [5.74, 6) is 5.32. The SMILES string of the molecule is C=C(C)N(Cc1ccccc1)C(=O)C#Cc1ccccc1. The summed E-state index contributed by atoms with van der Waals surface area (Å²) in [5.41, 5.74) is 2.56. The summed E-state index contributed by atoms with van der Waals surface area (Å²) in [6.45, 7) is 6.16. The van der Waals surface area contributed by atoms with Gasteiger partial charge in [-0.15, -0.1) is 0 Å². The molecule has 0 unspecified atom stereocenters. The molecule has 2 aromatic rings. The summed E-state index contributed by atoms with van der Waals surface area (Å²) in [6, 6.07) is 19.3. The molecule has 0 spiro atoms. The highest BCUT2D eigenvalue weighted by atomic mass is 16.2. The number of carbonyl (C=O) groups is 1. The molecule has 0 aliphatic carbocycles. The predicted octanol–water partition coefficient (Wildman–Crippen LogP) is 3.60. The lowest BCUT2D eigenvalue weighted by Crippen LogP contribution is -2.27. The van der Waals surface area contributed by atoms with Crippen molar-refractivity contribution in [3.8, 4) is 11.8 Å². The number of benzene rings is 2. The third-order valence-electron chi connectivity index (χ3n) is 2.98. The third kappa shape index (κ3) is 4.36. The van der Waals surface area contributed by atoms with E-state index in [1.807, 2.05) is 67.6 Å². The van der Waals surface area contributed by atoms with E-state index in [1.165, 1.54) is 0 Å². The monoisotopic (exact) mass is 275 g/mol. The Morgan fingerprint density at radius 2 is 1.62 bits per heavy atom. The Morgan fingerprint density at radius 3 is 2.19 bits per heavy atom. The molecule has 0 aromatic heterocycles. The number of rotatable bonds is 3. The molecular weight excluding hydrogens is 258 g/mol. The molecule has 0 fully saturated rings. The van der Waals surface area contributed by atoms with Crippen LogP contribution in [0, 0.1) is 11.8 Å². The fourth-order valence-corrected chi connectivity index (χ4v) is 1.86. The molecule has 2 nitrogen and oxygen atoms in total. The van der Waals surface area contributed by atoms with Gasteiger partial charge in [0.05, 0.1) is 6.54 Å². The standard InChI is InChI=1S/C19H17NO/c1-16(2)20(15-18-11-7-4-8-12-18)19(21)14-13-17-9-5-3-6-10-17/h3-12H,1,15H2,2H3. The largest absolute Gasteiger partial charge is 0.303 e. The Labute approximate surface area is 125 Å². The van der Waals surface area contributed by atoms with Crippen molar-refractivity contribution in [2.75, 3.05) is 0 Å². The molecule has 104 valence electrons. The fourth-order valence-electron chi connectivity index (χ4n) is 1.86. The van der Waals surface area contributed by atoms with Crippen molar-refractivity contribution in [3.05, 3.63) is 84.1 Å². The Morgan fingerprint density at radius 1 is 1.05 bits per heavy atom. The number of allylic oxidation sites excluding steroid dienone is 1. The van der Waals surface area contributed by atoms with Crippen LogP contribution >= 0.6 is 0 Å². The fraction of sp³-hybridized carbons (Fsp3) is 0.105. The van der Waals surface area contributed by atoms with Crippen LogP contribution in [-0.4, -0.2) is 10.8 Å². The molecule has 21 heavy (non-hydrogen) atoms. The highest BCUT2D eigenvalue weighted by Crippen LogP contribution is 2.09. The van der Waals surface area contributed by atoms with E-state index in [9.17, 15) is 4.79 Å². The molecule has 2 heteroatoms. The Hall–Kier alpha value is -2.79. The van der Waals surface area contributed by atoms with Gasteiger partial charge in [0.2, 0.25) is 0 Å². The van der Waals surface area contributed by atoms with Crippen molar-refractivity contribution >= 4 is 5.91 Å². The Bertz CT molecular complexity index is 678. The molecule has 0 saturated heterocycles. The highest BCUT2D eigenvalue weighted by molar-refractivity contribution is 5.95. The highest BCUT2D eigenvalue weighted by Gasteiger charge is 2.12. The van der Waals surface area contributed by atoms with Crippen LogP contribution in [0.4, 0.5) is 0 Å². The molecule has 0 atom stereocenters. The molecular formula is C19H17NO. The molecule has 0 bridgehead atoms. The van der Waals surface area contributed by atoms with Gasteiger partial charge in [0.1, 0.15) is 0 Å². The Balaban J connectivity index is 2.14. The van der Waals surface area contributed by atoms with Crippen molar-refractivity contribution in [3.63, 3.8) is 0 Å². The van der Waals surface area contributed by atoms with Crippen molar-refractivity contribution in [1.29, 1.82) is 0 Å².